The van der Waals surface area contributed by atoms with E-state index in [1.807, 2.05) is 5.43 Å². The first-order valence-corrected chi connectivity index (χ1v) is 7.99. The van der Waals surface area contributed by atoms with Gasteiger partial charge in [-0.15, -0.1) is 18.0 Å². The van der Waals surface area contributed by atoms with E-state index in [4.69, 9.17) is 0 Å². The molecular weight excluding hydrogens is 368 g/mol. The third kappa shape index (κ3) is 5.16. The molecule has 2 rings (SSSR count). The average molecular weight is 378 g/mol. The van der Waals surface area contributed by atoms with Crippen molar-refractivity contribution in [3.05, 3.63) is 59.9 Å². The Bertz CT molecular complexity index is 867. The zero-order chi connectivity index (χ0) is 18.7. The van der Waals surface area contributed by atoms with Crippen molar-refractivity contribution in [3.63, 3.8) is 0 Å². The van der Waals surface area contributed by atoms with E-state index in [-0.39, 0.29) is 5.56 Å². The summed E-state index contributed by atoms with van der Waals surface area (Å²) in [6, 6.07) is 8.17. The first kappa shape index (κ1) is 18.7. The summed E-state index contributed by atoms with van der Waals surface area (Å²) in [5, 5.41) is 0. The molecule has 2 N–H and O–H groups in total. The van der Waals surface area contributed by atoms with Gasteiger partial charge in [0.05, 0.1) is 0 Å². The molecule has 2 aromatic rings. The maximum atomic E-state index is 12.8. The summed E-state index contributed by atoms with van der Waals surface area (Å²) in [5.41, 5.74) is 1.75. The van der Waals surface area contributed by atoms with E-state index in [1.54, 1.807) is 4.83 Å². The summed E-state index contributed by atoms with van der Waals surface area (Å²) in [7, 11) is -4.56. The molecule has 0 radical (unpaired) electrons. The fraction of sp³-hybridized carbons (Fsp3) is 0.0714. The maximum Gasteiger partial charge on any atom is 0.573 e. The lowest BCUT2D eigenvalue weighted by atomic mass is 10.2. The number of benzene rings is 2. The average Bonchev–Trinajstić information content (AvgIpc) is 2.52. The Hall–Kier alpha value is -2.66. The van der Waals surface area contributed by atoms with Crippen LogP contribution in [0.15, 0.2) is 53.4 Å². The molecule has 134 valence electrons. The van der Waals surface area contributed by atoms with Gasteiger partial charge in [0.1, 0.15) is 16.5 Å². The first-order valence-electron chi connectivity index (χ1n) is 6.51. The Morgan fingerprint density at radius 3 is 2.20 bits per heavy atom. The highest BCUT2D eigenvalue weighted by Gasteiger charge is 2.34. The largest absolute Gasteiger partial charge is 0.573 e. The number of carbonyl (C=O) groups excluding carboxylic acids is 1. The summed E-state index contributed by atoms with van der Waals surface area (Å²) in [5.74, 6) is -2.49. The van der Waals surface area contributed by atoms with Gasteiger partial charge in [-0.2, -0.15) is 0 Å². The second-order valence-electron chi connectivity index (χ2n) is 4.56. The van der Waals surface area contributed by atoms with Crippen molar-refractivity contribution in [1.29, 1.82) is 0 Å². The Labute approximate surface area is 139 Å². The summed E-state index contributed by atoms with van der Waals surface area (Å²) in [6.45, 7) is 0. The highest BCUT2D eigenvalue weighted by atomic mass is 32.2. The highest BCUT2D eigenvalue weighted by molar-refractivity contribution is 7.89. The smallest absolute Gasteiger partial charge is 0.404 e. The van der Waals surface area contributed by atoms with Gasteiger partial charge in [0.25, 0.3) is 15.9 Å². The normalized spacial score (nSPS) is 11.8. The molecule has 6 nitrogen and oxygen atoms in total. The minimum atomic E-state index is -5.09. The van der Waals surface area contributed by atoms with Crippen molar-refractivity contribution >= 4 is 15.9 Å². The molecule has 0 saturated heterocycles. The molecule has 0 unspecified atom stereocenters. The summed E-state index contributed by atoms with van der Waals surface area (Å²) < 4.78 is 77.6. The number of sulfonamides is 1. The van der Waals surface area contributed by atoms with Crippen molar-refractivity contribution in [2.45, 2.75) is 11.3 Å². The molecule has 0 aliphatic rings. The molecule has 0 fully saturated rings. The van der Waals surface area contributed by atoms with Crippen LogP contribution in [0.3, 0.4) is 0 Å². The number of carbonyl (C=O) groups is 1. The lowest BCUT2D eigenvalue weighted by Gasteiger charge is -2.14. The molecule has 0 aliphatic carbocycles. The molecule has 11 heteroatoms. The van der Waals surface area contributed by atoms with Gasteiger partial charge >= 0.3 is 6.36 Å². The van der Waals surface area contributed by atoms with E-state index < -0.39 is 38.8 Å². The molecule has 0 saturated carbocycles. The van der Waals surface area contributed by atoms with Crippen LogP contribution in [0, 0.1) is 5.82 Å². The molecule has 0 aliphatic heterocycles. The first-order chi connectivity index (χ1) is 11.6. The summed E-state index contributed by atoms with van der Waals surface area (Å²) >= 11 is 0. The molecule has 1 amide bonds. The van der Waals surface area contributed by atoms with E-state index in [9.17, 15) is 30.8 Å². The van der Waals surface area contributed by atoms with Gasteiger partial charge in [0, 0.05) is 5.56 Å². The third-order valence-corrected chi connectivity index (χ3v) is 4.06. The second-order valence-corrected chi connectivity index (χ2v) is 6.21. The standard InChI is InChI=1S/C14H10F4N2O4S/c15-10-7-5-9(6-8-10)13(21)19-20-25(22,23)12-4-2-1-3-11(12)24-14(16,17)18/h1-8,20H,(H,19,21). The van der Waals surface area contributed by atoms with Gasteiger partial charge in [-0.1, -0.05) is 12.1 Å². The second kappa shape index (κ2) is 7.07. The Kier molecular flexibility index (Phi) is 5.28. The lowest BCUT2D eigenvalue weighted by Crippen LogP contribution is -2.41. The fourth-order valence-electron chi connectivity index (χ4n) is 1.72. The molecule has 0 aromatic heterocycles. The van der Waals surface area contributed by atoms with Crippen LogP contribution in [0.25, 0.3) is 0 Å². The van der Waals surface area contributed by atoms with Gasteiger partial charge in [0.2, 0.25) is 0 Å². The van der Waals surface area contributed by atoms with E-state index in [2.05, 4.69) is 4.74 Å². The van der Waals surface area contributed by atoms with Crippen LogP contribution in [0.1, 0.15) is 10.4 Å². The number of hydrogen-bond acceptors (Lipinski definition) is 4. The van der Waals surface area contributed by atoms with Crippen LogP contribution >= 0.6 is 0 Å². The Morgan fingerprint density at radius 2 is 1.60 bits per heavy atom. The predicted molar refractivity (Wildman–Crippen MR) is 77.3 cm³/mol. The maximum absolute atomic E-state index is 12.8. The van der Waals surface area contributed by atoms with Crippen molar-refractivity contribution in [2.75, 3.05) is 0 Å². The minimum absolute atomic E-state index is 0.0658. The zero-order valence-electron chi connectivity index (χ0n) is 12.2. The van der Waals surface area contributed by atoms with Gasteiger partial charge < -0.3 is 4.74 Å². The number of ether oxygens (including phenoxy) is 1. The zero-order valence-corrected chi connectivity index (χ0v) is 13.0. The molecule has 2 aromatic carbocycles. The lowest BCUT2D eigenvalue weighted by molar-refractivity contribution is -0.275. The summed E-state index contributed by atoms with van der Waals surface area (Å²) in [6.07, 6.45) is -5.09. The van der Waals surface area contributed by atoms with E-state index in [0.717, 1.165) is 42.5 Å². The Morgan fingerprint density at radius 1 is 1.00 bits per heavy atom. The number of rotatable bonds is 5. The van der Waals surface area contributed by atoms with Crippen LogP contribution in [-0.4, -0.2) is 20.7 Å². The molecule has 25 heavy (non-hydrogen) atoms. The van der Waals surface area contributed by atoms with Crippen LogP contribution in [0.4, 0.5) is 17.6 Å². The van der Waals surface area contributed by atoms with Crippen LogP contribution in [0.5, 0.6) is 5.75 Å². The van der Waals surface area contributed by atoms with E-state index >= 15 is 0 Å². The van der Waals surface area contributed by atoms with Crippen molar-refractivity contribution in [2.24, 2.45) is 0 Å². The predicted octanol–water partition coefficient (Wildman–Crippen LogP) is 2.35. The molecule has 0 atom stereocenters. The molecule has 0 heterocycles. The number of para-hydroxylation sites is 1. The SMILES string of the molecule is O=C(NNS(=O)(=O)c1ccccc1OC(F)(F)F)c1ccc(F)cc1. The monoisotopic (exact) mass is 378 g/mol. The molecule has 0 bridgehead atoms. The molecular formula is C14H10F4N2O4S. The number of nitrogens with one attached hydrogen (secondary N) is 2. The molecule has 0 spiro atoms. The van der Waals surface area contributed by atoms with Crippen LogP contribution in [-0.2, 0) is 10.0 Å². The van der Waals surface area contributed by atoms with Gasteiger partial charge in [0.15, 0.2) is 0 Å². The van der Waals surface area contributed by atoms with Crippen LogP contribution in [0.2, 0.25) is 0 Å². The fourth-order valence-corrected chi connectivity index (χ4v) is 2.69. The quantitative estimate of drug-likeness (QED) is 0.618. The van der Waals surface area contributed by atoms with E-state index in [1.165, 1.54) is 6.07 Å². The van der Waals surface area contributed by atoms with E-state index in [0.29, 0.717) is 0 Å². The Balaban J connectivity index is 2.17. The number of alkyl halides is 3. The highest BCUT2D eigenvalue weighted by Crippen LogP contribution is 2.28. The summed E-state index contributed by atoms with van der Waals surface area (Å²) in [4.78, 5) is 12.6. The van der Waals surface area contributed by atoms with Crippen LogP contribution < -0.4 is 15.0 Å². The number of hydrogen-bond donors (Lipinski definition) is 2. The number of hydrazine groups is 1. The van der Waals surface area contributed by atoms with Crippen molar-refractivity contribution < 1.29 is 35.5 Å². The minimum Gasteiger partial charge on any atom is -0.404 e. The number of amides is 1. The van der Waals surface area contributed by atoms with Gasteiger partial charge in [-0.3, -0.25) is 10.2 Å². The van der Waals surface area contributed by atoms with Crippen molar-refractivity contribution in [1.82, 2.24) is 10.3 Å². The third-order valence-electron chi connectivity index (χ3n) is 2.77. The van der Waals surface area contributed by atoms with Crippen molar-refractivity contribution in [3.8, 4) is 5.75 Å². The van der Waals surface area contributed by atoms with Gasteiger partial charge in [-0.25, -0.2) is 12.8 Å². The number of halogens is 4. The van der Waals surface area contributed by atoms with Gasteiger partial charge in [-0.05, 0) is 36.4 Å². The topological polar surface area (TPSA) is 84.5 Å².